The molecule has 0 aliphatic carbocycles. The van der Waals surface area contributed by atoms with Crippen molar-refractivity contribution in [1.29, 1.82) is 0 Å². The van der Waals surface area contributed by atoms with Crippen LogP contribution in [0, 0.1) is 12.8 Å². The number of nitrogens with two attached hydrogens (primary N) is 1. The number of aryl methyl sites for hydroxylation is 1. The summed E-state index contributed by atoms with van der Waals surface area (Å²) >= 11 is 0. The molecule has 1 aromatic rings. The summed E-state index contributed by atoms with van der Waals surface area (Å²) in [5, 5.41) is 2.67. The molecule has 6 nitrogen and oxygen atoms in total. The predicted octanol–water partition coefficient (Wildman–Crippen LogP) is 1.70. The van der Waals surface area contributed by atoms with Crippen LogP contribution in [0.1, 0.15) is 32.3 Å². The minimum Gasteiger partial charge on any atom is -0.328 e. The second-order valence-corrected chi connectivity index (χ2v) is 8.22. The van der Waals surface area contributed by atoms with Crippen molar-refractivity contribution in [2.45, 2.75) is 44.6 Å². The van der Waals surface area contributed by atoms with Gasteiger partial charge in [0, 0.05) is 31.7 Å². The maximum Gasteiger partial charge on any atom is 0.243 e. The van der Waals surface area contributed by atoms with Gasteiger partial charge in [-0.2, -0.15) is 4.31 Å². The standard InChI is InChI=1S/C16H25N3O3S/c1-11-6-7-15(9-16(11)18-13(3)20)23(21,22)19-8-4-5-14(10-19)12(2)17/h6-7,9,12,14H,4-5,8,10,17H2,1-3H3,(H,18,20). The highest BCUT2D eigenvalue weighted by Gasteiger charge is 2.31. The van der Waals surface area contributed by atoms with Crippen LogP contribution in [0.15, 0.2) is 23.1 Å². The molecule has 0 spiro atoms. The molecule has 2 unspecified atom stereocenters. The van der Waals surface area contributed by atoms with E-state index in [4.69, 9.17) is 5.73 Å². The lowest BCUT2D eigenvalue weighted by molar-refractivity contribution is -0.114. The first-order chi connectivity index (χ1) is 10.7. The van der Waals surface area contributed by atoms with E-state index in [2.05, 4.69) is 5.32 Å². The summed E-state index contributed by atoms with van der Waals surface area (Å²) in [6.45, 7) is 6.10. The fourth-order valence-corrected chi connectivity index (χ4v) is 4.42. The lowest BCUT2D eigenvalue weighted by Gasteiger charge is -2.33. The highest BCUT2D eigenvalue weighted by atomic mass is 32.2. The molecule has 0 radical (unpaired) electrons. The monoisotopic (exact) mass is 339 g/mol. The van der Waals surface area contributed by atoms with Crippen molar-refractivity contribution in [1.82, 2.24) is 4.31 Å². The largest absolute Gasteiger partial charge is 0.328 e. The SMILES string of the molecule is CC(=O)Nc1cc(S(=O)(=O)N2CCCC(C(C)N)C2)ccc1C. The number of nitrogens with one attached hydrogen (secondary N) is 1. The number of nitrogens with zero attached hydrogens (tertiary/aromatic N) is 1. The van der Waals surface area contributed by atoms with Gasteiger partial charge in [-0.25, -0.2) is 8.42 Å². The molecule has 0 bridgehead atoms. The Labute approximate surface area is 138 Å². The molecule has 3 N–H and O–H groups in total. The fourth-order valence-electron chi connectivity index (χ4n) is 2.86. The van der Waals surface area contributed by atoms with Gasteiger partial charge in [-0.05, 0) is 50.3 Å². The number of sulfonamides is 1. The Hall–Kier alpha value is -1.44. The highest BCUT2D eigenvalue weighted by molar-refractivity contribution is 7.89. The van der Waals surface area contributed by atoms with Crippen LogP contribution in [-0.4, -0.2) is 37.8 Å². The van der Waals surface area contributed by atoms with Crippen molar-refractivity contribution in [3.8, 4) is 0 Å². The summed E-state index contributed by atoms with van der Waals surface area (Å²) in [5.74, 6) is -0.0450. The molecule has 7 heteroatoms. The van der Waals surface area contributed by atoms with Crippen LogP contribution < -0.4 is 11.1 Å². The van der Waals surface area contributed by atoms with Gasteiger partial charge in [-0.3, -0.25) is 4.79 Å². The first-order valence-corrected chi connectivity index (χ1v) is 9.30. The van der Waals surface area contributed by atoms with Crippen molar-refractivity contribution in [3.05, 3.63) is 23.8 Å². The normalized spacial score (nSPS) is 21.0. The number of rotatable bonds is 4. The number of carbonyl (C=O) groups is 1. The van der Waals surface area contributed by atoms with Crippen molar-refractivity contribution in [3.63, 3.8) is 0 Å². The molecule has 0 aromatic heterocycles. The third kappa shape index (κ3) is 4.10. The zero-order valence-corrected chi connectivity index (χ0v) is 14.7. The third-order valence-electron chi connectivity index (χ3n) is 4.32. The Morgan fingerprint density at radius 2 is 2.13 bits per heavy atom. The molecule has 1 amide bonds. The molecule has 1 aliphatic rings. The van der Waals surface area contributed by atoms with E-state index in [1.807, 2.05) is 13.8 Å². The average molecular weight is 339 g/mol. The lowest BCUT2D eigenvalue weighted by Crippen LogP contribution is -2.44. The molecular weight excluding hydrogens is 314 g/mol. The Kier molecular flexibility index (Phi) is 5.44. The summed E-state index contributed by atoms with van der Waals surface area (Å²) in [7, 11) is -3.58. The van der Waals surface area contributed by atoms with Gasteiger partial charge in [0.05, 0.1) is 4.90 Å². The van der Waals surface area contributed by atoms with Gasteiger partial charge in [0.25, 0.3) is 0 Å². The average Bonchev–Trinajstić information content (AvgIpc) is 2.49. The first-order valence-electron chi connectivity index (χ1n) is 7.86. The molecule has 1 saturated heterocycles. The number of carbonyl (C=O) groups excluding carboxylic acids is 1. The first kappa shape index (κ1) is 17.9. The minimum atomic E-state index is -3.58. The van der Waals surface area contributed by atoms with Gasteiger partial charge in [-0.1, -0.05) is 6.07 Å². The number of anilines is 1. The predicted molar refractivity (Wildman–Crippen MR) is 90.6 cm³/mol. The van der Waals surface area contributed by atoms with E-state index in [1.54, 1.807) is 12.1 Å². The molecular formula is C16H25N3O3S. The van der Waals surface area contributed by atoms with E-state index in [9.17, 15) is 13.2 Å². The number of amides is 1. The van der Waals surface area contributed by atoms with Crippen LogP contribution in [0.4, 0.5) is 5.69 Å². The van der Waals surface area contributed by atoms with Crippen LogP contribution in [-0.2, 0) is 14.8 Å². The van der Waals surface area contributed by atoms with Gasteiger partial charge in [-0.15, -0.1) is 0 Å². The van der Waals surface area contributed by atoms with Crippen LogP contribution in [0.2, 0.25) is 0 Å². The van der Waals surface area contributed by atoms with Gasteiger partial charge >= 0.3 is 0 Å². The van der Waals surface area contributed by atoms with Crippen LogP contribution in [0.5, 0.6) is 0 Å². The summed E-state index contributed by atoms with van der Waals surface area (Å²) in [6.07, 6.45) is 1.77. The molecule has 0 saturated carbocycles. The zero-order chi connectivity index (χ0) is 17.2. The Morgan fingerprint density at radius 1 is 1.43 bits per heavy atom. The number of piperidine rings is 1. The number of hydrogen-bond donors (Lipinski definition) is 2. The fraction of sp³-hybridized carbons (Fsp3) is 0.562. The molecule has 1 heterocycles. The molecule has 1 aromatic carbocycles. The minimum absolute atomic E-state index is 0.0269. The summed E-state index contributed by atoms with van der Waals surface area (Å²) in [4.78, 5) is 11.5. The molecule has 1 aliphatic heterocycles. The van der Waals surface area contributed by atoms with Crippen LogP contribution in [0.25, 0.3) is 0 Å². The van der Waals surface area contributed by atoms with Gasteiger partial charge in [0.1, 0.15) is 0 Å². The maximum atomic E-state index is 12.9. The van der Waals surface area contributed by atoms with Crippen molar-refractivity contribution in [2.24, 2.45) is 11.7 Å². The summed E-state index contributed by atoms with van der Waals surface area (Å²) in [5.41, 5.74) is 7.29. The van der Waals surface area contributed by atoms with Gasteiger partial charge < -0.3 is 11.1 Å². The van der Waals surface area contributed by atoms with E-state index in [0.717, 1.165) is 18.4 Å². The van der Waals surface area contributed by atoms with E-state index in [0.29, 0.717) is 18.8 Å². The van der Waals surface area contributed by atoms with Crippen molar-refractivity contribution in [2.75, 3.05) is 18.4 Å². The van der Waals surface area contributed by atoms with E-state index in [-0.39, 0.29) is 22.8 Å². The lowest BCUT2D eigenvalue weighted by atomic mass is 9.93. The van der Waals surface area contributed by atoms with Gasteiger partial charge in [0.15, 0.2) is 0 Å². The third-order valence-corrected chi connectivity index (χ3v) is 6.18. The van der Waals surface area contributed by atoms with Crippen molar-refractivity contribution >= 4 is 21.6 Å². The molecule has 23 heavy (non-hydrogen) atoms. The van der Waals surface area contributed by atoms with Crippen LogP contribution in [0.3, 0.4) is 0 Å². The number of hydrogen-bond acceptors (Lipinski definition) is 4. The second kappa shape index (κ2) is 6.98. The zero-order valence-electron chi connectivity index (χ0n) is 13.9. The van der Waals surface area contributed by atoms with Gasteiger partial charge in [0.2, 0.25) is 15.9 Å². The number of benzene rings is 1. The Morgan fingerprint density at radius 3 is 2.74 bits per heavy atom. The topological polar surface area (TPSA) is 92.5 Å². The molecule has 1 fully saturated rings. The molecule has 2 rings (SSSR count). The van der Waals surface area contributed by atoms with E-state index < -0.39 is 10.0 Å². The maximum absolute atomic E-state index is 12.9. The summed E-state index contributed by atoms with van der Waals surface area (Å²) in [6, 6.07) is 4.80. The molecule has 2 atom stereocenters. The van der Waals surface area contributed by atoms with E-state index in [1.165, 1.54) is 17.3 Å². The molecule has 128 valence electrons. The van der Waals surface area contributed by atoms with Crippen molar-refractivity contribution < 1.29 is 13.2 Å². The second-order valence-electron chi connectivity index (χ2n) is 6.28. The van der Waals surface area contributed by atoms with E-state index >= 15 is 0 Å². The summed E-state index contributed by atoms with van der Waals surface area (Å²) < 4.78 is 27.3. The highest BCUT2D eigenvalue weighted by Crippen LogP contribution is 2.27. The quantitative estimate of drug-likeness (QED) is 0.873. The van der Waals surface area contributed by atoms with Crippen LogP contribution >= 0.6 is 0 Å². The Bertz CT molecular complexity index is 686. The smallest absolute Gasteiger partial charge is 0.243 e. The Balaban J connectivity index is 2.30.